The maximum atomic E-state index is 10.5. The van der Waals surface area contributed by atoms with Crippen molar-refractivity contribution >= 4 is 17.7 Å². The van der Waals surface area contributed by atoms with E-state index in [4.69, 9.17) is 16.6 Å². The largest absolute Gasteiger partial charge is 0.478 e. The molecule has 68 valence electrons. The van der Waals surface area contributed by atoms with Crippen LogP contribution in [0.15, 0.2) is 23.3 Å². The van der Waals surface area contributed by atoms with Gasteiger partial charge in [0.25, 0.3) is 0 Å². The number of pyridine rings is 1. The van der Waals surface area contributed by atoms with Crippen molar-refractivity contribution in [2.75, 3.05) is 0 Å². The molecule has 5 N–H and O–H groups in total. The third-order valence-electron chi connectivity index (χ3n) is 1.24. The molecule has 0 aliphatic heterocycles. The molecule has 0 unspecified atom stereocenters. The number of rotatable bonds is 2. The van der Waals surface area contributed by atoms with E-state index in [1.807, 2.05) is 0 Å². The normalized spacial score (nSPS) is 9.23. The zero-order valence-electron chi connectivity index (χ0n) is 6.64. The summed E-state index contributed by atoms with van der Waals surface area (Å²) in [4.78, 5) is 17.9. The zero-order valence-corrected chi connectivity index (χ0v) is 6.64. The summed E-state index contributed by atoms with van der Waals surface area (Å²) in [7, 11) is 0. The van der Waals surface area contributed by atoms with Crippen molar-refractivity contribution in [3.05, 3.63) is 23.9 Å². The number of carboxylic acids is 1. The number of hydrogen-bond acceptors (Lipinski definition) is 3. The summed E-state index contributed by atoms with van der Waals surface area (Å²) in [6, 6.07) is 2.64. The van der Waals surface area contributed by atoms with Crippen LogP contribution < -0.4 is 11.5 Å². The van der Waals surface area contributed by atoms with Crippen molar-refractivity contribution < 1.29 is 9.90 Å². The summed E-state index contributed by atoms with van der Waals surface area (Å²) in [5, 5.41) is 8.60. The topological polar surface area (TPSA) is 115 Å². The first kappa shape index (κ1) is 8.98. The summed E-state index contributed by atoms with van der Waals surface area (Å²) in [5.74, 6) is -1.02. The van der Waals surface area contributed by atoms with Crippen molar-refractivity contribution in [2.45, 2.75) is 0 Å². The van der Waals surface area contributed by atoms with Crippen LogP contribution in [0.2, 0.25) is 0 Å². The Kier molecular flexibility index (Phi) is 2.44. The second kappa shape index (κ2) is 3.53. The fourth-order valence-corrected chi connectivity index (χ4v) is 0.745. The molecule has 1 rings (SSSR count). The van der Waals surface area contributed by atoms with Gasteiger partial charge in [0.2, 0.25) is 0 Å². The molecule has 0 bridgehead atoms. The van der Waals surface area contributed by atoms with Gasteiger partial charge in [-0.05, 0) is 12.1 Å². The van der Waals surface area contributed by atoms with Crippen LogP contribution in [0.1, 0.15) is 10.4 Å². The number of guanidine groups is 1. The number of aliphatic imine (C=N–C) groups is 1. The molecule has 0 atom stereocenters. The van der Waals surface area contributed by atoms with Gasteiger partial charge in [-0.3, -0.25) is 0 Å². The van der Waals surface area contributed by atoms with E-state index in [9.17, 15) is 4.79 Å². The summed E-state index contributed by atoms with van der Waals surface area (Å²) < 4.78 is 0. The number of carboxylic acid groups (broad SMARTS) is 1. The number of nitrogens with two attached hydrogens (primary N) is 2. The van der Waals surface area contributed by atoms with Crippen LogP contribution in [0.25, 0.3) is 0 Å². The van der Waals surface area contributed by atoms with Gasteiger partial charge < -0.3 is 16.6 Å². The smallest absolute Gasteiger partial charge is 0.335 e. The molecule has 1 heterocycles. The first-order chi connectivity index (χ1) is 6.09. The summed E-state index contributed by atoms with van der Waals surface area (Å²) in [6.07, 6.45) is 1.32. The van der Waals surface area contributed by atoms with Gasteiger partial charge in [-0.15, -0.1) is 0 Å². The molecular weight excluding hydrogens is 172 g/mol. The van der Waals surface area contributed by atoms with E-state index in [0.29, 0.717) is 0 Å². The lowest BCUT2D eigenvalue weighted by Gasteiger charge is -1.95. The Bertz CT molecular complexity index is 357. The van der Waals surface area contributed by atoms with Gasteiger partial charge in [-0.25, -0.2) is 9.78 Å². The lowest BCUT2D eigenvalue weighted by atomic mass is 10.3. The van der Waals surface area contributed by atoms with Crippen LogP contribution in [0.4, 0.5) is 5.82 Å². The fraction of sp³-hybridized carbons (Fsp3) is 0. The van der Waals surface area contributed by atoms with E-state index >= 15 is 0 Å². The second-order valence-electron chi connectivity index (χ2n) is 2.24. The molecule has 0 spiro atoms. The Hall–Kier alpha value is -2.11. The second-order valence-corrected chi connectivity index (χ2v) is 2.24. The zero-order chi connectivity index (χ0) is 9.84. The van der Waals surface area contributed by atoms with E-state index in [2.05, 4.69) is 9.98 Å². The van der Waals surface area contributed by atoms with Crippen LogP contribution in [-0.4, -0.2) is 22.0 Å². The number of aromatic carboxylic acids is 1. The van der Waals surface area contributed by atoms with E-state index in [1.165, 1.54) is 18.3 Å². The van der Waals surface area contributed by atoms with E-state index in [0.717, 1.165) is 0 Å². The van der Waals surface area contributed by atoms with Crippen LogP contribution in [0.3, 0.4) is 0 Å². The predicted octanol–water partition coefficient (Wildman–Crippen LogP) is -0.315. The Labute approximate surface area is 73.9 Å². The highest BCUT2D eigenvalue weighted by Gasteiger charge is 2.02. The first-order valence-electron chi connectivity index (χ1n) is 3.38. The van der Waals surface area contributed by atoms with Crippen molar-refractivity contribution in [1.82, 2.24) is 4.98 Å². The SMILES string of the molecule is NC(N)=Nc1cc(C(=O)O)ccn1. The van der Waals surface area contributed by atoms with Crippen molar-refractivity contribution in [1.29, 1.82) is 0 Å². The third kappa shape index (κ3) is 2.44. The van der Waals surface area contributed by atoms with Crippen molar-refractivity contribution in [3.63, 3.8) is 0 Å². The fourth-order valence-electron chi connectivity index (χ4n) is 0.745. The maximum Gasteiger partial charge on any atom is 0.335 e. The monoisotopic (exact) mass is 180 g/mol. The van der Waals surface area contributed by atoms with E-state index < -0.39 is 5.97 Å². The molecule has 0 saturated heterocycles. The average Bonchev–Trinajstić information content (AvgIpc) is 2.03. The van der Waals surface area contributed by atoms with Gasteiger partial charge in [-0.1, -0.05) is 0 Å². The lowest BCUT2D eigenvalue weighted by Crippen LogP contribution is -2.22. The average molecular weight is 180 g/mol. The van der Waals surface area contributed by atoms with Crippen LogP contribution in [0.5, 0.6) is 0 Å². The number of hydrogen-bond donors (Lipinski definition) is 3. The molecule has 1 aromatic heterocycles. The molecule has 0 amide bonds. The molecule has 0 radical (unpaired) electrons. The molecule has 1 aromatic rings. The van der Waals surface area contributed by atoms with E-state index in [1.54, 1.807) is 0 Å². The summed E-state index contributed by atoms with van der Waals surface area (Å²) in [5.41, 5.74) is 10.3. The lowest BCUT2D eigenvalue weighted by molar-refractivity contribution is 0.0697. The Balaban J connectivity index is 3.06. The molecule has 0 aliphatic carbocycles. The molecule has 0 fully saturated rings. The van der Waals surface area contributed by atoms with E-state index in [-0.39, 0.29) is 17.3 Å². The van der Waals surface area contributed by atoms with Crippen LogP contribution in [0, 0.1) is 0 Å². The maximum absolute atomic E-state index is 10.5. The molecule has 0 aliphatic rings. The standard InChI is InChI=1S/C7H8N4O2/c8-7(9)11-5-3-4(6(12)13)1-2-10-5/h1-3H,(H,12,13)(H4,8,9,10,11). The van der Waals surface area contributed by atoms with Gasteiger partial charge >= 0.3 is 5.97 Å². The first-order valence-corrected chi connectivity index (χ1v) is 3.38. The highest BCUT2D eigenvalue weighted by atomic mass is 16.4. The van der Waals surface area contributed by atoms with Gasteiger partial charge in [-0.2, -0.15) is 4.99 Å². The van der Waals surface area contributed by atoms with Crippen LogP contribution >= 0.6 is 0 Å². The molecule has 13 heavy (non-hydrogen) atoms. The number of nitrogens with zero attached hydrogens (tertiary/aromatic N) is 2. The molecule has 6 heteroatoms. The predicted molar refractivity (Wildman–Crippen MR) is 46.7 cm³/mol. The Morgan fingerprint density at radius 3 is 2.77 bits per heavy atom. The highest BCUT2D eigenvalue weighted by molar-refractivity contribution is 5.88. The van der Waals surface area contributed by atoms with Crippen molar-refractivity contribution in [3.8, 4) is 0 Å². The number of aromatic nitrogens is 1. The molecule has 6 nitrogen and oxygen atoms in total. The summed E-state index contributed by atoms with van der Waals surface area (Å²) >= 11 is 0. The summed E-state index contributed by atoms with van der Waals surface area (Å²) in [6.45, 7) is 0. The van der Waals surface area contributed by atoms with Gasteiger partial charge in [0.05, 0.1) is 5.56 Å². The minimum Gasteiger partial charge on any atom is -0.478 e. The minimum absolute atomic E-state index is 0.0926. The minimum atomic E-state index is -1.05. The third-order valence-corrected chi connectivity index (χ3v) is 1.24. The van der Waals surface area contributed by atoms with Gasteiger partial charge in [0.1, 0.15) is 0 Å². The van der Waals surface area contributed by atoms with Gasteiger partial charge in [0, 0.05) is 6.20 Å². The van der Waals surface area contributed by atoms with Crippen LogP contribution in [-0.2, 0) is 0 Å². The number of carbonyl (C=O) groups is 1. The molecular formula is C7H8N4O2. The quantitative estimate of drug-likeness (QED) is 0.426. The molecule has 0 aromatic carbocycles. The Morgan fingerprint density at radius 2 is 2.23 bits per heavy atom. The Morgan fingerprint density at radius 1 is 1.54 bits per heavy atom. The molecule has 0 saturated carbocycles. The van der Waals surface area contributed by atoms with Crippen molar-refractivity contribution in [2.24, 2.45) is 16.5 Å². The highest BCUT2D eigenvalue weighted by Crippen LogP contribution is 2.09. The van der Waals surface area contributed by atoms with Gasteiger partial charge in [0.15, 0.2) is 11.8 Å².